The Morgan fingerprint density at radius 1 is 1.09 bits per heavy atom. The van der Waals surface area contributed by atoms with Gasteiger partial charge in [0.1, 0.15) is 11.4 Å². The average Bonchev–Trinajstić information content (AvgIpc) is 2.82. The van der Waals surface area contributed by atoms with Crippen molar-refractivity contribution in [1.29, 1.82) is 0 Å². The van der Waals surface area contributed by atoms with Gasteiger partial charge in [0.2, 0.25) is 5.82 Å². The minimum absolute atomic E-state index is 0.120. The summed E-state index contributed by atoms with van der Waals surface area (Å²) in [5.41, 5.74) is 0.790. The van der Waals surface area contributed by atoms with Crippen LogP contribution in [0.3, 0.4) is 0 Å². The number of hydrogen-bond donors (Lipinski definition) is 3. The summed E-state index contributed by atoms with van der Waals surface area (Å²) >= 11 is 1.90. The first kappa shape index (κ1) is 31.0. The SMILES string of the molecule is CCCCCCCCCCNOCC.Cn1cc(C(=O)O)c(Nc2ccc(I)cc2F)c(F)c1=O. The van der Waals surface area contributed by atoms with Crippen LogP contribution in [0.4, 0.5) is 20.2 Å². The molecule has 1 aromatic heterocycles. The predicted molar refractivity (Wildman–Crippen MR) is 143 cm³/mol. The van der Waals surface area contributed by atoms with Crippen molar-refractivity contribution in [1.82, 2.24) is 10.0 Å². The van der Waals surface area contributed by atoms with Crippen molar-refractivity contribution >= 4 is 39.9 Å². The highest BCUT2D eigenvalue weighted by Gasteiger charge is 2.20. The molecule has 0 fully saturated rings. The maximum Gasteiger partial charge on any atom is 0.339 e. The average molecular weight is 607 g/mol. The lowest BCUT2D eigenvalue weighted by Crippen LogP contribution is -2.24. The van der Waals surface area contributed by atoms with Crippen LogP contribution < -0.4 is 16.4 Å². The summed E-state index contributed by atoms with van der Waals surface area (Å²) in [6.45, 7) is 6.03. The Kier molecular flexibility index (Phi) is 15.4. The van der Waals surface area contributed by atoms with Crippen LogP contribution in [0, 0.1) is 15.2 Å². The number of aromatic carboxylic acids is 1. The minimum atomic E-state index is -1.43. The van der Waals surface area contributed by atoms with E-state index in [0.717, 1.165) is 23.9 Å². The van der Waals surface area contributed by atoms with E-state index in [1.165, 1.54) is 70.5 Å². The summed E-state index contributed by atoms with van der Waals surface area (Å²) < 4.78 is 29.2. The topological polar surface area (TPSA) is 92.6 Å². The molecule has 0 radical (unpaired) electrons. The number of unbranched alkanes of at least 4 members (excludes halogenated alkanes) is 7. The molecule has 0 aliphatic carbocycles. The number of carboxylic acid groups (broad SMARTS) is 1. The van der Waals surface area contributed by atoms with Gasteiger partial charge in [-0.2, -0.15) is 4.39 Å². The Morgan fingerprint density at radius 2 is 1.71 bits per heavy atom. The number of halogens is 3. The molecule has 0 aliphatic rings. The number of benzene rings is 1. The number of aryl methyl sites for hydroxylation is 1. The molecule has 10 heteroatoms. The van der Waals surface area contributed by atoms with E-state index in [9.17, 15) is 18.4 Å². The monoisotopic (exact) mass is 607 g/mol. The Hall–Kier alpha value is -2.05. The summed E-state index contributed by atoms with van der Waals surface area (Å²) in [5, 5.41) is 11.4. The van der Waals surface area contributed by atoms with Gasteiger partial charge in [0.05, 0.1) is 18.0 Å². The van der Waals surface area contributed by atoms with E-state index in [-0.39, 0.29) is 5.69 Å². The molecule has 196 valence electrons. The van der Waals surface area contributed by atoms with Crippen molar-refractivity contribution in [3.05, 3.63) is 55.5 Å². The number of rotatable bonds is 14. The van der Waals surface area contributed by atoms with Gasteiger partial charge in [-0.25, -0.2) is 14.7 Å². The number of aromatic nitrogens is 1. The molecule has 0 saturated carbocycles. The first-order valence-electron chi connectivity index (χ1n) is 11.9. The molecule has 2 aromatic rings. The molecular formula is C25H36F2IN3O4. The maximum atomic E-state index is 14.0. The normalized spacial score (nSPS) is 10.6. The van der Waals surface area contributed by atoms with Gasteiger partial charge in [-0.05, 0) is 54.1 Å². The van der Waals surface area contributed by atoms with Crippen molar-refractivity contribution in [3.8, 4) is 0 Å². The summed E-state index contributed by atoms with van der Waals surface area (Å²) in [7, 11) is 1.23. The second kappa shape index (κ2) is 17.4. The predicted octanol–water partition coefficient (Wildman–Crippen LogP) is 6.38. The van der Waals surface area contributed by atoms with Crippen molar-refractivity contribution < 1.29 is 23.5 Å². The Labute approximate surface area is 219 Å². The molecule has 0 spiro atoms. The van der Waals surface area contributed by atoms with Crippen LogP contribution in [0.1, 0.15) is 75.6 Å². The first-order valence-corrected chi connectivity index (χ1v) is 13.0. The van der Waals surface area contributed by atoms with E-state index in [2.05, 4.69) is 17.7 Å². The number of nitrogens with one attached hydrogen (secondary N) is 2. The molecule has 0 aliphatic heterocycles. The van der Waals surface area contributed by atoms with Gasteiger partial charge in [0.25, 0.3) is 5.56 Å². The van der Waals surface area contributed by atoms with E-state index in [0.29, 0.717) is 3.57 Å². The van der Waals surface area contributed by atoms with Crippen LogP contribution in [-0.4, -0.2) is 28.8 Å². The second-order valence-corrected chi connectivity index (χ2v) is 9.25. The van der Waals surface area contributed by atoms with E-state index in [1.807, 2.05) is 29.5 Å². The van der Waals surface area contributed by atoms with Gasteiger partial charge < -0.3 is 19.8 Å². The summed E-state index contributed by atoms with van der Waals surface area (Å²) in [6, 6.07) is 4.09. The summed E-state index contributed by atoms with van der Waals surface area (Å²) in [6.07, 6.45) is 12.0. The number of hydroxylamine groups is 1. The number of hydrogen-bond acceptors (Lipinski definition) is 5. The number of carboxylic acids is 1. The smallest absolute Gasteiger partial charge is 0.339 e. The molecule has 1 heterocycles. The fraction of sp³-hybridized carbons (Fsp3) is 0.520. The van der Waals surface area contributed by atoms with Crippen LogP contribution in [0.5, 0.6) is 0 Å². The Balaban J connectivity index is 0.000000383. The minimum Gasteiger partial charge on any atom is -0.478 e. The first-order chi connectivity index (χ1) is 16.7. The Morgan fingerprint density at radius 3 is 2.29 bits per heavy atom. The lowest BCUT2D eigenvalue weighted by atomic mass is 10.1. The molecule has 7 nitrogen and oxygen atoms in total. The molecule has 0 bridgehead atoms. The molecule has 3 N–H and O–H groups in total. The lowest BCUT2D eigenvalue weighted by molar-refractivity contribution is 0.0500. The largest absolute Gasteiger partial charge is 0.478 e. The van der Waals surface area contributed by atoms with Crippen LogP contribution in [0.2, 0.25) is 0 Å². The molecule has 0 unspecified atom stereocenters. The zero-order chi connectivity index (χ0) is 26.2. The number of nitrogens with zero attached hydrogens (tertiary/aromatic N) is 1. The van der Waals surface area contributed by atoms with E-state index >= 15 is 0 Å². The third-order valence-electron chi connectivity index (χ3n) is 5.12. The van der Waals surface area contributed by atoms with Crippen LogP contribution in [0.15, 0.2) is 29.2 Å². The van der Waals surface area contributed by atoms with Gasteiger partial charge in [-0.3, -0.25) is 4.79 Å². The zero-order valence-corrected chi connectivity index (χ0v) is 22.8. The van der Waals surface area contributed by atoms with E-state index < -0.39 is 34.4 Å². The number of carbonyl (C=O) groups is 1. The highest BCUT2D eigenvalue weighted by Crippen LogP contribution is 2.25. The number of anilines is 2. The highest BCUT2D eigenvalue weighted by molar-refractivity contribution is 14.1. The van der Waals surface area contributed by atoms with Crippen LogP contribution >= 0.6 is 22.6 Å². The molecule has 1 aromatic carbocycles. The van der Waals surface area contributed by atoms with Crippen molar-refractivity contribution in [3.63, 3.8) is 0 Å². The Bertz CT molecular complexity index is 974. The molecule has 35 heavy (non-hydrogen) atoms. The molecule has 0 amide bonds. The standard InChI is InChI=1S/C13H9F2IN2O3.C12H27NO/c1-18-5-7(13(20)21)11(10(15)12(18)19)17-9-3-2-6(16)4-8(9)14;1-3-5-6-7-8-9-10-11-12-13-14-4-2/h2-5,17H,1H3,(H,20,21);13H,3-12H2,1-2H3. The van der Waals surface area contributed by atoms with Crippen molar-refractivity contribution in [2.24, 2.45) is 7.05 Å². The maximum absolute atomic E-state index is 14.0. The third-order valence-corrected chi connectivity index (χ3v) is 5.79. The van der Waals surface area contributed by atoms with Gasteiger partial charge in [0, 0.05) is 23.4 Å². The van der Waals surface area contributed by atoms with Gasteiger partial charge >= 0.3 is 5.97 Å². The van der Waals surface area contributed by atoms with Crippen LogP contribution in [-0.2, 0) is 11.9 Å². The third kappa shape index (κ3) is 11.5. The van der Waals surface area contributed by atoms with E-state index in [1.54, 1.807) is 6.07 Å². The molecule has 0 atom stereocenters. The lowest BCUT2D eigenvalue weighted by Gasteiger charge is -2.12. The van der Waals surface area contributed by atoms with Gasteiger partial charge in [-0.15, -0.1) is 0 Å². The van der Waals surface area contributed by atoms with Crippen molar-refractivity contribution in [2.45, 2.75) is 65.2 Å². The fourth-order valence-electron chi connectivity index (χ4n) is 3.21. The number of pyridine rings is 1. The zero-order valence-electron chi connectivity index (χ0n) is 20.6. The molecule has 0 saturated heterocycles. The van der Waals surface area contributed by atoms with Crippen molar-refractivity contribution in [2.75, 3.05) is 18.5 Å². The van der Waals surface area contributed by atoms with Crippen LogP contribution in [0.25, 0.3) is 0 Å². The fourth-order valence-corrected chi connectivity index (χ4v) is 3.67. The summed E-state index contributed by atoms with van der Waals surface area (Å²) in [5.74, 6) is -3.40. The van der Waals surface area contributed by atoms with Gasteiger partial charge in [0.15, 0.2) is 0 Å². The molecule has 2 rings (SSSR count). The molecular weight excluding hydrogens is 571 g/mol. The van der Waals surface area contributed by atoms with Gasteiger partial charge in [-0.1, -0.05) is 51.9 Å². The second-order valence-electron chi connectivity index (χ2n) is 8.00. The highest BCUT2D eigenvalue weighted by atomic mass is 127. The van der Waals surface area contributed by atoms with E-state index in [4.69, 9.17) is 9.94 Å². The summed E-state index contributed by atoms with van der Waals surface area (Å²) in [4.78, 5) is 27.7. The quantitative estimate of drug-likeness (QED) is 0.131.